The third kappa shape index (κ3) is 2.81. The zero-order chi connectivity index (χ0) is 16.6. The topological polar surface area (TPSA) is 71.2 Å². The van der Waals surface area contributed by atoms with E-state index in [1.54, 1.807) is 18.2 Å². The number of amides is 1. The maximum atomic E-state index is 12.8. The Morgan fingerprint density at radius 2 is 2.13 bits per heavy atom. The number of carbonyl (C=O) groups is 1. The molecule has 6 nitrogen and oxygen atoms in total. The van der Waals surface area contributed by atoms with Gasteiger partial charge in [-0.1, -0.05) is 26.0 Å². The van der Waals surface area contributed by atoms with E-state index in [2.05, 4.69) is 24.0 Å². The Morgan fingerprint density at radius 3 is 2.78 bits per heavy atom. The Kier molecular flexibility index (Phi) is 4.07. The number of carbonyl (C=O) groups excluding carboxylic acids is 1. The maximum absolute atomic E-state index is 12.8. The van der Waals surface area contributed by atoms with Crippen LogP contribution in [-0.2, 0) is 11.3 Å². The van der Waals surface area contributed by atoms with Crippen molar-refractivity contribution in [3.63, 3.8) is 0 Å². The zero-order valence-corrected chi connectivity index (χ0v) is 13.7. The molecule has 0 saturated heterocycles. The van der Waals surface area contributed by atoms with Crippen LogP contribution in [-0.4, -0.2) is 37.2 Å². The molecule has 1 aliphatic rings. The van der Waals surface area contributed by atoms with Crippen LogP contribution in [0.15, 0.2) is 24.3 Å². The first-order valence-electron chi connectivity index (χ1n) is 8.03. The summed E-state index contributed by atoms with van der Waals surface area (Å²) < 4.78 is 1.95. The molecule has 1 aromatic heterocycles. The van der Waals surface area contributed by atoms with Crippen LogP contribution in [0.25, 0.3) is 11.4 Å². The second kappa shape index (κ2) is 6.02. The van der Waals surface area contributed by atoms with Gasteiger partial charge in [0.1, 0.15) is 11.8 Å². The molecule has 0 radical (unpaired) electrons. The summed E-state index contributed by atoms with van der Waals surface area (Å²) in [6.07, 6.45) is 0.742. The van der Waals surface area contributed by atoms with Crippen LogP contribution in [0.2, 0.25) is 0 Å². The van der Waals surface area contributed by atoms with Crippen molar-refractivity contribution in [1.82, 2.24) is 19.7 Å². The summed E-state index contributed by atoms with van der Waals surface area (Å²) in [6.45, 7) is 7.34. The molecule has 1 N–H and O–H groups in total. The van der Waals surface area contributed by atoms with Gasteiger partial charge in [0.05, 0.1) is 6.54 Å². The Morgan fingerprint density at radius 1 is 1.35 bits per heavy atom. The van der Waals surface area contributed by atoms with E-state index in [0.29, 0.717) is 24.8 Å². The smallest absolute Gasteiger partial charge is 0.246 e. The van der Waals surface area contributed by atoms with Crippen LogP contribution in [0.4, 0.5) is 0 Å². The van der Waals surface area contributed by atoms with E-state index in [1.165, 1.54) is 0 Å². The molecule has 0 unspecified atom stereocenters. The first kappa shape index (κ1) is 15.5. The molecular weight excluding hydrogens is 292 g/mol. The van der Waals surface area contributed by atoms with Crippen LogP contribution in [0.5, 0.6) is 5.75 Å². The highest BCUT2D eigenvalue weighted by Crippen LogP contribution is 2.32. The number of likely N-dealkylation sites (N-methyl/N-ethyl adjacent to an activating group) is 1. The Hall–Kier alpha value is -2.37. The van der Waals surface area contributed by atoms with Crippen molar-refractivity contribution >= 4 is 5.91 Å². The van der Waals surface area contributed by atoms with Gasteiger partial charge in [0, 0.05) is 12.1 Å². The highest BCUT2D eigenvalue weighted by molar-refractivity contribution is 5.82. The average molecular weight is 314 g/mol. The number of aromatic hydroxyl groups is 1. The molecule has 0 aliphatic carbocycles. The van der Waals surface area contributed by atoms with E-state index in [9.17, 15) is 9.90 Å². The molecule has 1 aliphatic heterocycles. The Labute approximate surface area is 135 Å². The third-order valence-corrected chi connectivity index (χ3v) is 4.19. The molecule has 1 atom stereocenters. The van der Waals surface area contributed by atoms with Crippen molar-refractivity contribution < 1.29 is 9.90 Å². The number of benzene rings is 1. The van der Waals surface area contributed by atoms with Gasteiger partial charge in [-0.05, 0) is 31.4 Å². The number of rotatable bonds is 4. The van der Waals surface area contributed by atoms with E-state index in [-0.39, 0.29) is 17.7 Å². The quantitative estimate of drug-likeness (QED) is 0.941. The molecule has 0 saturated carbocycles. The summed E-state index contributed by atoms with van der Waals surface area (Å²) in [5, 5.41) is 18.3. The monoisotopic (exact) mass is 314 g/mol. The zero-order valence-electron chi connectivity index (χ0n) is 13.7. The number of aromatic nitrogens is 3. The third-order valence-electron chi connectivity index (χ3n) is 4.19. The number of phenols is 1. The van der Waals surface area contributed by atoms with Crippen LogP contribution in [0, 0.1) is 5.92 Å². The average Bonchev–Trinajstić information content (AvgIpc) is 2.93. The van der Waals surface area contributed by atoms with Crippen molar-refractivity contribution in [2.24, 2.45) is 5.92 Å². The number of hydrogen-bond acceptors (Lipinski definition) is 4. The molecule has 23 heavy (non-hydrogen) atoms. The van der Waals surface area contributed by atoms with Crippen molar-refractivity contribution in [1.29, 1.82) is 0 Å². The number of hydrogen-bond donors (Lipinski definition) is 1. The van der Waals surface area contributed by atoms with Gasteiger partial charge >= 0.3 is 0 Å². The summed E-state index contributed by atoms with van der Waals surface area (Å²) in [7, 11) is 0. The number of fused-ring (bicyclic) bond motifs is 1. The van der Waals surface area contributed by atoms with Gasteiger partial charge in [-0.25, -0.2) is 0 Å². The molecule has 122 valence electrons. The molecule has 2 aromatic rings. The van der Waals surface area contributed by atoms with Crippen molar-refractivity contribution in [3.05, 3.63) is 30.1 Å². The highest BCUT2D eigenvalue weighted by atomic mass is 16.3. The van der Waals surface area contributed by atoms with Gasteiger partial charge in [-0.2, -0.15) is 0 Å². The summed E-state index contributed by atoms with van der Waals surface area (Å²) in [4.78, 5) is 14.6. The lowest BCUT2D eigenvalue weighted by Crippen LogP contribution is -2.43. The highest BCUT2D eigenvalue weighted by Gasteiger charge is 2.35. The Bertz CT molecular complexity index is 723. The molecule has 0 spiro atoms. The fourth-order valence-corrected chi connectivity index (χ4v) is 3.09. The fourth-order valence-electron chi connectivity index (χ4n) is 3.09. The predicted octanol–water partition coefficient (Wildman–Crippen LogP) is 2.60. The van der Waals surface area contributed by atoms with E-state index in [0.717, 1.165) is 17.8 Å². The molecule has 1 amide bonds. The van der Waals surface area contributed by atoms with E-state index in [1.807, 2.05) is 22.5 Å². The van der Waals surface area contributed by atoms with Crippen LogP contribution >= 0.6 is 0 Å². The summed E-state index contributed by atoms with van der Waals surface area (Å²) in [5.74, 6) is 2.13. The standard InChI is InChI=1S/C17H22N4O2/c1-4-20-10-15-18-19-16(12-6-5-7-13(22)9-12)21(15)14(17(20)23)8-11(2)3/h5-7,9,11,14,22H,4,8,10H2,1-3H3/t14-/m0/s1. The lowest BCUT2D eigenvalue weighted by Gasteiger charge is -2.34. The SMILES string of the molecule is CCN1Cc2nnc(-c3cccc(O)c3)n2[C@@H](CC(C)C)C1=O. The van der Waals surface area contributed by atoms with Crippen LogP contribution < -0.4 is 0 Å². The number of phenolic OH excluding ortho intramolecular Hbond substituents is 1. The minimum absolute atomic E-state index is 0.120. The van der Waals surface area contributed by atoms with Gasteiger partial charge in [0.25, 0.3) is 0 Å². The lowest BCUT2D eigenvalue weighted by molar-refractivity contribution is -0.137. The molecule has 2 heterocycles. The predicted molar refractivity (Wildman–Crippen MR) is 86.7 cm³/mol. The second-order valence-corrected chi connectivity index (χ2v) is 6.36. The van der Waals surface area contributed by atoms with Gasteiger partial charge < -0.3 is 10.0 Å². The van der Waals surface area contributed by atoms with Crippen LogP contribution in [0.1, 0.15) is 39.1 Å². The van der Waals surface area contributed by atoms with E-state index >= 15 is 0 Å². The first-order valence-corrected chi connectivity index (χ1v) is 8.03. The van der Waals surface area contributed by atoms with Crippen molar-refractivity contribution in [2.75, 3.05) is 6.54 Å². The van der Waals surface area contributed by atoms with E-state index in [4.69, 9.17) is 0 Å². The largest absolute Gasteiger partial charge is 0.508 e. The van der Waals surface area contributed by atoms with Gasteiger partial charge in [-0.3, -0.25) is 9.36 Å². The first-order chi connectivity index (χ1) is 11.0. The maximum Gasteiger partial charge on any atom is 0.246 e. The molecule has 3 rings (SSSR count). The van der Waals surface area contributed by atoms with Gasteiger partial charge in [0.15, 0.2) is 11.6 Å². The minimum Gasteiger partial charge on any atom is -0.508 e. The molecular formula is C17H22N4O2. The lowest BCUT2D eigenvalue weighted by atomic mass is 10.00. The van der Waals surface area contributed by atoms with Crippen molar-refractivity contribution in [3.8, 4) is 17.1 Å². The number of nitrogens with zero attached hydrogens (tertiary/aromatic N) is 4. The van der Waals surface area contributed by atoms with E-state index < -0.39 is 0 Å². The minimum atomic E-state index is -0.286. The van der Waals surface area contributed by atoms with Gasteiger partial charge in [0.2, 0.25) is 5.91 Å². The molecule has 6 heteroatoms. The second-order valence-electron chi connectivity index (χ2n) is 6.36. The summed E-state index contributed by atoms with van der Waals surface area (Å²) >= 11 is 0. The normalized spacial score (nSPS) is 17.7. The van der Waals surface area contributed by atoms with Crippen molar-refractivity contribution in [2.45, 2.75) is 39.8 Å². The fraction of sp³-hybridized carbons (Fsp3) is 0.471. The Balaban J connectivity index is 2.10. The molecule has 1 aromatic carbocycles. The van der Waals surface area contributed by atoms with Gasteiger partial charge in [-0.15, -0.1) is 10.2 Å². The molecule has 0 fully saturated rings. The summed E-state index contributed by atoms with van der Waals surface area (Å²) in [6, 6.07) is 6.63. The molecule has 0 bridgehead atoms. The van der Waals surface area contributed by atoms with Crippen LogP contribution in [0.3, 0.4) is 0 Å². The summed E-state index contributed by atoms with van der Waals surface area (Å²) in [5.41, 5.74) is 0.773.